The van der Waals surface area contributed by atoms with Crippen LogP contribution >= 0.6 is 0 Å². The fraction of sp³-hybridized carbons (Fsp3) is 0.800. The van der Waals surface area contributed by atoms with Crippen LogP contribution in [0.15, 0.2) is 29.2 Å². The Labute approximate surface area is 255 Å². The van der Waals surface area contributed by atoms with E-state index in [0.717, 1.165) is 30.2 Å². The summed E-state index contributed by atoms with van der Waals surface area (Å²) in [6.45, 7) is 16.4. The molecule has 236 valence electrons. The number of nitrogens with one attached hydrogen (secondary N) is 2. The molecule has 2 amide bonds. The van der Waals surface area contributed by atoms with Crippen LogP contribution in [0.5, 0.6) is 0 Å². The lowest BCUT2D eigenvalue weighted by Gasteiger charge is -2.63. The van der Waals surface area contributed by atoms with E-state index in [0.29, 0.717) is 35.6 Å². The first-order valence-electron chi connectivity index (χ1n) is 16.7. The van der Waals surface area contributed by atoms with E-state index in [4.69, 9.17) is 0 Å². The van der Waals surface area contributed by atoms with Gasteiger partial charge in [-0.3, -0.25) is 0 Å². The van der Waals surface area contributed by atoms with Gasteiger partial charge in [-0.15, -0.1) is 0 Å². The molecule has 1 aromatic rings. The highest BCUT2D eigenvalue weighted by Crippen LogP contribution is 2.69. The predicted octanol–water partition coefficient (Wildman–Crippen LogP) is 7.26. The first kappa shape index (κ1) is 31.8. The molecule has 1 aromatic carbocycles. The van der Waals surface area contributed by atoms with E-state index in [1.165, 1.54) is 44.9 Å². The topological polar surface area (TPSA) is 95.5 Å². The maximum absolute atomic E-state index is 12.9. The summed E-state index contributed by atoms with van der Waals surface area (Å²) in [6, 6.07) is 6.12. The number of hydrogen-bond donors (Lipinski definition) is 3. The molecule has 10 atom stereocenters. The van der Waals surface area contributed by atoms with Crippen molar-refractivity contribution < 1.29 is 18.3 Å². The molecule has 0 spiro atoms. The van der Waals surface area contributed by atoms with Crippen molar-refractivity contribution in [2.75, 3.05) is 6.54 Å². The van der Waals surface area contributed by atoms with E-state index in [1.807, 2.05) is 12.1 Å². The monoisotopic (exact) mass is 600 g/mol. The fourth-order valence-electron chi connectivity index (χ4n) is 10.7. The molecule has 0 radical (unpaired) electrons. The van der Waals surface area contributed by atoms with Crippen molar-refractivity contribution in [1.29, 1.82) is 0 Å². The first-order valence-corrected chi connectivity index (χ1v) is 18.2. The van der Waals surface area contributed by atoms with Gasteiger partial charge in [0.2, 0.25) is 0 Å². The number of carbonyl (C=O) groups is 1. The Hall–Kier alpha value is -1.60. The SMILES string of the molecule is CC[C@H]1C[C@@H]2[C@H](CC[C@]3(C)[C@@H]([C@H](C)CNC(=O)NS(=O)(=O)c4ccc(C(C)(C)C)cc4)CC[C@@H]23)[C@@]2(C)CC[C@@H](O)C[C@@H]12. The smallest absolute Gasteiger partial charge is 0.328 e. The molecular weight excluding hydrogens is 544 g/mol. The molecule has 4 saturated carbocycles. The van der Waals surface area contributed by atoms with Crippen LogP contribution in [0.2, 0.25) is 0 Å². The lowest BCUT2D eigenvalue weighted by atomic mass is 9.42. The molecule has 0 bridgehead atoms. The molecule has 5 rings (SSSR count). The van der Waals surface area contributed by atoms with Crippen molar-refractivity contribution in [3.63, 3.8) is 0 Å². The van der Waals surface area contributed by atoms with Gasteiger partial charge in [0, 0.05) is 6.54 Å². The van der Waals surface area contributed by atoms with Crippen molar-refractivity contribution in [3.8, 4) is 0 Å². The second-order valence-corrected chi connectivity index (χ2v) is 17.8. The summed E-state index contributed by atoms with van der Waals surface area (Å²) in [5, 5.41) is 13.4. The van der Waals surface area contributed by atoms with E-state index >= 15 is 0 Å². The fourth-order valence-corrected chi connectivity index (χ4v) is 11.6. The molecule has 4 aliphatic rings. The Kier molecular flexibility index (Phi) is 8.63. The van der Waals surface area contributed by atoms with E-state index in [9.17, 15) is 18.3 Å². The van der Waals surface area contributed by atoms with Crippen molar-refractivity contribution >= 4 is 16.1 Å². The van der Waals surface area contributed by atoms with Gasteiger partial charge in [0.05, 0.1) is 11.0 Å². The van der Waals surface area contributed by atoms with Crippen molar-refractivity contribution in [2.24, 2.45) is 52.3 Å². The average molecular weight is 601 g/mol. The van der Waals surface area contributed by atoms with Gasteiger partial charge in [0.1, 0.15) is 0 Å². The highest BCUT2D eigenvalue weighted by molar-refractivity contribution is 7.90. The largest absolute Gasteiger partial charge is 0.393 e. The summed E-state index contributed by atoms with van der Waals surface area (Å²) in [5.74, 6) is 4.39. The van der Waals surface area contributed by atoms with E-state index in [1.54, 1.807) is 12.1 Å². The molecule has 4 fully saturated rings. The van der Waals surface area contributed by atoms with Gasteiger partial charge in [-0.05, 0) is 127 Å². The van der Waals surface area contributed by atoms with Gasteiger partial charge in [-0.25, -0.2) is 17.9 Å². The highest BCUT2D eigenvalue weighted by Gasteiger charge is 2.62. The Morgan fingerprint density at radius 3 is 2.26 bits per heavy atom. The number of rotatable bonds is 6. The Balaban J connectivity index is 1.21. The van der Waals surface area contributed by atoms with Crippen LogP contribution in [-0.2, 0) is 15.4 Å². The number of carbonyl (C=O) groups excluding carboxylic acids is 1. The zero-order valence-electron chi connectivity index (χ0n) is 27.1. The van der Waals surface area contributed by atoms with Crippen LogP contribution in [0.1, 0.15) is 112 Å². The van der Waals surface area contributed by atoms with E-state index in [2.05, 4.69) is 58.5 Å². The highest BCUT2D eigenvalue weighted by atomic mass is 32.2. The maximum Gasteiger partial charge on any atom is 0.328 e. The summed E-state index contributed by atoms with van der Waals surface area (Å²) in [6.07, 6.45) is 10.5. The normalized spacial score (nSPS) is 39.0. The third-order valence-electron chi connectivity index (χ3n) is 12.9. The van der Waals surface area contributed by atoms with Crippen LogP contribution in [0, 0.1) is 52.3 Å². The molecule has 0 saturated heterocycles. The van der Waals surface area contributed by atoms with Crippen molar-refractivity contribution in [1.82, 2.24) is 10.0 Å². The van der Waals surface area contributed by atoms with Crippen LogP contribution in [0.4, 0.5) is 4.79 Å². The standard InChI is InChI=1S/C35H56N2O4S/c1-8-23-19-27-29-14-13-28(34(29,6)18-16-30(27)35(7)17-15-25(38)20-31(23)35)22(2)21-36-32(39)37-42(40,41)26-11-9-24(10-12-26)33(3,4)5/h9-12,22-23,25,27-31,38H,8,13-21H2,1-7H3,(H2,36,37,39)/t22-,23+,25-,27+,28-,29+,30+,31+,34-,35-/m1/s1. The number of amides is 2. The Morgan fingerprint density at radius 1 is 0.976 bits per heavy atom. The molecule has 0 unspecified atom stereocenters. The van der Waals surface area contributed by atoms with Crippen molar-refractivity contribution in [3.05, 3.63) is 29.8 Å². The van der Waals surface area contributed by atoms with Crippen LogP contribution in [0.25, 0.3) is 0 Å². The number of urea groups is 1. The molecule has 7 heteroatoms. The molecular formula is C35H56N2O4S. The molecule has 0 heterocycles. The summed E-state index contributed by atoms with van der Waals surface area (Å²) in [5.41, 5.74) is 1.58. The molecule has 0 aliphatic heterocycles. The van der Waals surface area contributed by atoms with Gasteiger partial charge in [0.25, 0.3) is 10.0 Å². The van der Waals surface area contributed by atoms with Crippen LogP contribution in [-0.4, -0.2) is 32.2 Å². The molecule has 3 N–H and O–H groups in total. The number of aliphatic hydroxyl groups excluding tert-OH is 1. The van der Waals surface area contributed by atoms with Gasteiger partial charge in [0.15, 0.2) is 0 Å². The number of sulfonamides is 1. The third kappa shape index (κ3) is 5.66. The lowest BCUT2D eigenvalue weighted by molar-refractivity contribution is -0.152. The van der Waals surface area contributed by atoms with Gasteiger partial charge >= 0.3 is 6.03 Å². The van der Waals surface area contributed by atoms with Crippen molar-refractivity contribution in [2.45, 2.75) is 123 Å². The van der Waals surface area contributed by atoms with E-state index < -0.39 is 16.1 Å². The van der Waals surface area contributed by atoms with E-state index in [-0.39, 0.29) is 27.7 Å². The van der Waals surface area contributed by atoms with Gasteiger partial charge < -0.3 is 10.4 Å². The maximum atomic E-state index is 12.9. The summed E-state index contributed by atoms with van der Waals surface area (Å²) >= 11 is 0. The van der Waals surface area contributed by atoms with Gasteiger partial charge in [-0.2, -0.15) is 0 Å². The Bertz CT molecular complexity index is 1240. The minimum Gasteiger partial charge on any atom is -0.393 e. The zero-order valence-corrected chi connectivity index (χ0v) is 27.9. The van der Waals surface area contributed by atoms with Gasteiger partial charge in [-0.1, -0.05) is 67.0 Å². The number of benzene rings is 1. The second-order valence-electron chi connectivity index (χ2n) is 16.1. The molecule has 6 nitrogen and oxygen atoms in total. The number of fused-ring (bicyclic) bond motifs is 5. The summed E-state index contributed by atoms with van der Waals surface area (Å²) < 4.78 is 28.0. The molecule has 0 aromatic heterocycles. The number of hydrogen-bond acceptors (Lipinski definition) is 4. The molecule has 42 heavy (non-hydrogen) atoms. The summed E-state index contributed by atoms with van der Waals surface area (Å²) in [7, 11) is -3.94. The molecule has 4 aliphatic carbocycles. The number of aliphatic hydroxyl groups is 1. The summed E-state index contributed by atoms with van der Waals surface area (Å²) in [4.78, 5) is 12.9. The average Bonchev–Trinajstić information content (AvgIpc) is 3.28. The van der Waals surface area contributed by atoms with Crippen LogP contribution < -0.4 is 10.0 Å². The zero-order chi connectivity index (χ0) is 30.7. The Morgan fingerprint density at radius 2 is 1.62 bits per heavy atom. The first-order chi connectivity index (χ1) is 19.6. The minimum atomic E-state index is -3.94. The third-order valence-corrected chi connectivity index (χ3v) is 14.3. The predicted molar refractivity (Wildman–Crippen MR) is 168 cm³/mol. The lowest BCUT2D eigenvalue weighted by Crippen LogP contribution is -2.57. The second kappa shape index (κ2) is 11.4. The van der Waals surface area contributed by atoms with Crippen LogP contribution in [0.3, 0.4) is 0 Å². The quantitative estimate of drug-likeness (QED) is 0.320. The minimum absolute atomic E-state index is 0.0765.